The van der Waals surface area contributed by atoms with Crippen molar-refractivity contribution >= 4 is 0 Å². The third kappa shape index (κ3) is 2.59. The van der Waals surface area contributed by atoms with Gasteiger partial charge in [0, 0.05) is 25.5 Å². The first kappa shape index (κ1) is 10.7. The second kappa shape index (κ2) is 4.79. The van der Waals surface area contributed by atoms with Crippen LogP contribution in [0.1, 0.15) is 18.2 Å². The molecule has 0 amide bonds. The van der Waals surface area contributed by atoms with Crippen molar-refractivity contribution < 1.29 is 4.74 Å². The van der Waals surface area contributed by atoms with E-state index in [-0.39, 0.29) is 0 Å². The van der Waals surface area contributed by atoms with Gasteiger partial charge in [-0.25, -0.2) is 4.98 Å². The van der Waals surface area contributed by atoms with Crippen LogP contribution in [0.4, 0.5) is 0 Å². The van der Waals surface area contributed by atoms with Gasteiger partial charge in [-0.15, -0.1) is 0 Å². The van der Waals surface area contributed by atoms with Crippen molar-refractivity contribution in [3.63, 3.8) is 0 Å². The molecule has 2 aromatic rings. The van der Waals surface area contributed by atoms with Gasteiger partial charge >= 0.3 is 0 Å². The normalized spacial score (nSPS) is 10.4. The molecule has 0 aromatic carbocycles. The molecule has 16 heavy (non-hydrogen) atoms. The van der Waals surface area contributed by atoms with Gasteiger partial charge in [0.25, 0.3) is 0 Å². The number of nitrogens with zero attached hydrogens (tertiary/aromatic N) is 3. The average molecular weight is 217 g/mol. The molecule has 0 radical (unpaired) electrons. The van der Waals surface area contributed by atoms with Crippen LogP contribution in [0.3, 0.4) is 0 Å². The minimum Gasteiger partial charge on any atom is -0.471 e. The first-order valence-electron chi connectivity index (χ1n) is 5.34. The van der Waals surface area contributed by atoms with Crippen molar-refractivity contribution in [2.24, 2.45) is 7.05 Å². The van der Waals surface area contributed by atoms with E-state index in [1.54, 1.807) is 4.68 Å². The molecular formula is C12H15N3O. The molecule has 2 heterocycles. The fourth-order valence-electron chi connectivity index (χ4n) is 1.39. The standard InChI is InChI=1S/C12H15N3O/c1-3-10-4-5-12(13-8-10)16-9-11-6-7-15(2)14-11/h4-8H,3,9H2,1-2H3. The first-order valence-corrected chi connectivity index (χ1v) is 5.34. The van der Waals surface area contributed by atoms with Gasteiger partial charge in [-0.1, -0.05) is 13.0 Å². The largest absolute Gasteiger partial charge is 0.471 e. The Labute approximate surface area is 94.9 Å². The highest BCUT2D eigenvalue weighted by molar-refractivity contribution is 5.17. The lowest BCUT2D eigenvalue weighted by molar-refractivity contribution is 0.288. The molecule has 0 saturated carbocycles. The molecule has 4 nitrogen and oxygen atoms in total. The molecule has 0 fully saturated rings. The van der Waals surface area contributed by atoms with E-state index < -0.39 is 0 Å². The van der Waals surface area contributed by atoms with Crippen LogP contribution in [0.5, 0.6) is 5.88 Å². The second-order valence-corrected chi connectivity index (χ2v) is 3.63. The van der Waals surface area contributed by atoms with Crippen molar-refractivity contribution in [1.82, 2.24) is 14.8 Å². The van der Waals surface area contributed by atoms with Crippen LogP contribution in [0.2, 0.25) is 0 Å². The molecular weight excluding hydrogens is 202 g/mol. The van der Waals surface area contributed by atoms with Gasteiger partial charge in [-0.05, 0) is 18.1 Å². The Kier molecular flexibility index (Phi) is 3.19. The van der Waals surface area contributed by atoms with E-state index in [1.165, 1.54) is 5.56 Å². The van der Waals surface area contributed by atoms with E-state index in [9.17, 15) is 0 Å². The van der Waals surface area contributed by atoms with Crippen LogP contribution in [0, 0.1) is 0 Å². The minimum atomic E-state index is 0.458. The maximum absolute atomic E-state index is 5.52. The number of hydrogen-bond donors (Lipinski definition) is 0. The Hall–Kier alpha value is -1.84. The fraction of sp³-hybridized carbons (Fsp3) is 0.333. The summed E-state index contributed by atoms with van der Waals surface area (Å²) in [6.07, 6.45) is 4.73. The average Bonchev–Trinajstić information content (AvgIpc) is 2.73. The molecule has 0 spiro atoms. The highest BCUT2D eigenvalue weighted by Crippen LogP contribution is 2.09. The van der Waals surface area contributed by atoms with Gasteiger partial charge < -0.3 is 4.74 Å². The van der Waals surface area contributed by atoms with Crippen LogP contribution in [0.25, 0.3) is 0 Å². The summed E-state index contributed by atoms with van der Waals surface area (Å²) in [4.78, 5) is 4.21. The Bertz CT molecular complexity index is 448. The number of aromatic nitrogens is 3. The molecule has 0 atom stereocenters. The molecule has 2 aromatic heterocycles. The topological polar surface area (TPSA) is 39.9 Å². The van der Waals surface area contributed by atoms with Crippen molar-refractivity contribution in [3.8, 4) is 5.88 Å². The second-order valence-electron chi connectivity index (χ2n) is 3.63. The quantitative estimate of drug-likeness (QED) is 0.786. The van der Waals surface area contributed by atoms with Crippen LogP contribution >= 0.6 is 0 Å². The zero-order valence-electron chi connectivity index (χ0n) is 9.55. The molecule has 2 rings (SSSR count). The van der Waals surface area contributed by atoms with E-state index in [0.717, 1.165) is 12.1 Å². The molecule has 0 saturated heterocycles. The highest BCUT2D eigenvalue weighted by Gasteiger charge is 1.99. The van der Waals surface area contributed by atoms with Crippen molar-refractivity contribution in [2.75, 3.05) is 0 Å². The zero-order chi connectivity index (χ0) is 11.4. The van der Waals surface area contributed by atoms with Crippen molar-refractivity contribution in [3.05, 3.63) is 41.9 Å². The van der Waals surface area contributed by atoms with Gasteiger partial charge in [-0.3, -0.25) is 4.68 Å². The molecule has 0 bridgehead atoms. The van der Waals surface area contributed by atoms with Crippen molar-refractivity contribution in [1.29, 1.82) is 0 Å². The molecule has 84 valence electrons. The lowest BCUT2D eigenvalue weighted by Gasteiger charge is -2.03. The molecule has 4 heteroatoms. The lowest BCUT2D eigenvalue weighted by atomic mass is 10.2. The Morgan fingerprint density at radius 3 is 2.75 bits per heavy atom. The third-order valence-corrected chi connectivity index (χ3v) is 2.34. The van der Waals surface area contributed by atoms with Crippen LogP contribution in [-0.4, -0.2) is 14.8 Å². The summed E-state index contributed by atoms with van der Waals surface area (Å²) in [6.45, 7) is 2.56. The van der Waals surface area contributed by atoms with Crippen LogP contribution in [0.15, 0.2) is 30.6 Å². The van der Waals surface area contributed by atoms with Gasteiger partial charge in [0.1, 0.15) is 6.61 Å². The van der Waals surface area contributed by atoms with Gasteiger partial charge in [0.05, 0.1) is 5.69 Å². The van der Waals surface area contributed by atoms with E-state index >= 15 is 0 Å². The smallest absolute Gasteiger partial charge is 0.213 e. The number of rotatable bonds is 4. The summed E-state index contributed by atoms with van der Waals surface area (Å²) in [6, 6.07) is 5.85. The number of hydrogen-bond acceptors (Lipinski definition) is 3. The van der Waals surface area contributed by atoms with E-state index in [1.807, 2.05) is 37.6 Å². The summed E-state index contributed by atoms with van der Waals surface area (Å²) in [5.41, 5.74) is 2.12. The van der Waals surface area contributed by atoms with Gasteiger partial charge in [-0.2, -0.15) is 5.10 Å². The lowest BCUT2D eigenvalue weighted by Crippen LogP contribution is -1.99. The predicted molar refractivity (Wildman–Crippen MR) is 61.2 cm³/mol. The predicted octanol–water partition coefficient (Wildman–Crippen LogP) is 1.96. The summed E-state index contributed by atoms with van der Waals surface area (Å²) in [7, 11) is 1.89. The maximum atomic E-state index is 5.52. The number of aryl methyl sites for hydroxylation is 2. The summed E-state index contributed by atoms with van der Waals surface area (Å²) in [5, 5.41) is 4.22. The van der Waals surface area contributed by atoms with Crippen LogP contribution < -0.4 is 4.74 Å². The van der Waals surface area contributed by atoms with E-state index in [0.29, 0.717) is 12.5 Å². The summed E-state index contributed by atoms with van der Waals surface area (Å²) in [5.74, 6) is 0.642. The Balaban J connectivity index is 1.94. The Morgan fingerprint density at radius 1 is 1.31 bits per heavy atom. The summed E-state index contributed by atoms with van der Waals surface area (Å²) < 4.78 is 7.27. The van der Waals surface area contributed by atoms with Gasteiger partial charge in [0.2, 0.25) is 5.88 Å². The zero-order valence-corrected chi connectivity index (χ0v) is 9.55. The third-order valence-electron chi connectivity index (χ3n) is 2.34. The summed E-state index contributed by atoms with van der Waals surface area (Å²) >= 11 is 0. The fourth-order valence-corrected chi connectivity index (χ4v) is 1.39. The van der Waals surface area contributed by atoms with Crippen LogP contribution in [-0.2, 0) is 20.1 Å². The molecule has 0 N–H and O–H groups in total. The van der Waals surface area contributed by atoms with E-state index in [2.05, 4.69) is 17.0 Å². The molecule has 0 aliphatic carbocycles. The van der Waals surface area contributed by atoms with Gasteiger partial charge in [0.15, 0.2) is 0 Å². The monoisotopic (exact) mass is 217 g/mol. The maximum Gasteiger partial charge on any atom is 0.213 e. The highest BCUT2D eigenvalue weighted by atomic mass is 16.5. The molecule has 0 aliphatic heterocycles. The van der Waals surface area contributed by atoms with E-state index in [4.69, 9.17) is 4.74 Å². The first-order chi connectivity index (χ1) is 7.78. The molecule has 0 aliphatic rings. The molecule has 0 unspecified atom stereocenters. The number of pyridine rings is 1. The number of ether oxygens (including phenoxy) is 1. The SMILES string of the molecule is CCc1ccc(OCc2ccn(C)n2)nc1. The Morgan fingerprint density at radius 2 is 2.19 bits per heavy atom. The minimum absolute atomic E-state index is 0.458. The van der Waals surface area contributed by atoms with Crippen molar-refractivity contribution in [2.45, 2.75) is 20.0 Å².